The minimum atomic E-state index is -0.177. The Morgan fingerprint density at radius 1 is 1.04 bits per heavy atom. The van der Waals surface area contributed by atoms with E-state index in [0.717, 1.165) is 44.0 Å². The summed E-state index contributed by atoms with van der Waals surface area (Å²) in [6.07, 6.45) is 5.69. The fourth-order valence-electron chi connectivity index (χ4n) is 3.40. The number of benzene rings is 1. The molecule has 2 saturated carbocycles. The third-order valence-corrected chi connectivity index (χ3v) is 5.16. The first-order valence-corrected chi connectivity index (χ1v) is 9.36. The van der Waals surface area contributed by atoms with Crippen LogP contribution >= 0.6 is 0 Å². The zero-order chi connectivity index (χ0) is 17.2. The van der Waals surface area contributed by atoms with E-state index in [1.165, 1.54) is 19.4 Å². The minimum Gasteiger partial charge on any atom is -0.334 e. The van der Waals surface area contributed by atoms with Gasteiger partial charge in [-0.25, -0.2) is 4.79 Å². The van der Waals surface area contributed by atoms with Gasteiger partial charge in [0.15, 0.2) is 0 Å². The van der Waals surface area contributed by atoms with Crippen molar-refractivity contribution >= 4 is 23.3 Å². The molecule has 1 aliphatic heterocycles. The smallest absolute Gasteiger partial charge is 0.319 e. The maximum Gasteiger partial charge on any atom is 0.319 e. The zero-order valence-electron chi connectivity index (χ0n) is 14.5. The van der Waals surface area contributed by atoms with Crippen LogP contribution in [-0.4, -0.2) is 42.5 Å². The molecule has 3 N–H and O–H groups in total. The van der Waals surface area contributed by atoms with Crippen LogP contribution in [0.2, 0.25) is 0 Å². The number of carbonyl (C=O) groups excluding carboxylic acids is 2. The third-order valence-electron chi connectivity index (χ3n) is 5.16. The Balaban J connectivity index is 1.25. The fourth-order valence-corrected chi connectivity index (χ4v) is 3.40. The second-order valence-corrected chi connectivity index (χ2v) is 7.63. The SMILES string of the molecule is O=C(Nc1cccc(NC(=O)C2CC2)c1)N[C@H]1CCN(CC2CC2)C1. The Morgan fingerprint density at radius 3 is 2.52 bits per heavy atom. The summed E-state index contributed by atoms with van der Waals surface area (Å²) in [7, 11) is 0. The van der Waals surface area contributed by atoms with E-state index in [1.54, 1.807) is 6.07 Å². The van der Waals surface area contributed by atoms with Crippen LogP contribution in [0, 0.1) is 11.8 Å². The van der Waals surface area contributed by atoms with E-state index in [1.807, 2.05) is 18.2 Å². The molecular formula is C19H26N4O2. The predicted molar refractivity (Wildman–Crippen MR) is 97.5 cm³/mol. The fraction of sp³-hybridized carbons (Fsp3) is 0.579. The highest BCUT2D eigenvalue weighted by Gasteiger charge is 2.30. The maximum absolute atomic E-state index is 12.2. The van der Waals surface area contributed by atoms with Crippen molar-refractivity contribution in [1.29, 1.82) is 0 Å². The summed E-state index contributed by atoms with van der Waals surface area (Å²) in [5.41, 5.74) is 1.42. The number of carbonyl (C=O) groups is 2. The van der Waals surface area contributed by atoms with Crippen molar-refractivity contribution in [3.63, 3.8) is 0 Å². The molecule has 1 aromatic carbocycles. The Hall–Kier alpha value is -2.08. The van der Waals surface area contributed by atoms with Gasteiger partial charge in [0, 0.05) is 43.0 Å². The zero-order valence-corrected chi connectivity index (χ0v) is 14.5. The van der Waals surface area contributed by atoms with E-state index in [4.69, 9.17) is 0 Å². The van der Waals surface area contributed by atoms with Gasteiger partial charge in [0.2, 0.25) is 5.91 Å². The quantitative estimate of drug-likeness (QED) is 0.744. The molecule has 3 amide bonds. The molecule has 25 heavy (non-hydrogen) atoms. The molecule has 3 aliphatic rings. The van der Waals surface area contributed by atoms with Crippen LogP contribution in [0.5, 0.6) is 0 Å². The van der Waals surface area contributed by atoms with Gasteiger partial charge < -0.3 is 20.9 Å². The number of amides is 3. The largest absolute Gasteiger partial charge is 0.334 e. The third kappa shape index (κ3) is 4.72. The maximum atomic E-state index is 12.2. The van der Waals surface area contributed by atoms with Crippen LogP contribution in [0.25, 0.3) is 0 Å². The molecule has 1 atom stereocenters. The number of nitrogens with zero attached hydrogens (tertiary/aromatic N) is 1. The molecule has 4 rings (SSSR count). The topological polar surface area (TPSA) is 73.5 Å². The summed E-state index contributed by atoms with van der Waals surface area (Å²) in [6.45, 7) is 3.20. The van der Waals surface area contributed by atoms with E-state index in [0.29, 0.717) is 5.69 Å². The highest BCUT2D eigenvalue weighted by atomic mass is 16.2. The summed E-state index contributed by atoms with van der Waals surface area (Å²) >= 11 is 0. The highest BCUT2D eigenvalue weighted by molar-refractivity contribution is 5.95. The lowest BCUT2D eigenvalue weighted by Crippen LogP contribution is -2.39. The van der Waals surface area contributed by atoms with Gasteiger partial charge in [0.25, 0.3) is 0 Å². The molecular weight excluding hydrogens is 316 g/mol. The van der Waals surface area contributed by atoms with Crippen LogP contribution in [0.15, 0.2) is 24.3 Å². The van der Waals surface area contributed by atoms with Gasteiger partial charge in [-0.15, -0.1) is 0 Å². The average Bonchev–Trinajstić information content (AvgIpc) is 3.48. The summed E-state index contributed by atoms with van der Waals surface area (Å²) < 4.78 is 0. The van der Waals surface area contributed by atoms with E-state index in [2.05, 4.69) is 20.9 Å². The molecule has 1 saturated heterocycles. The van der Waals surface area contributed by atoms with Gasteiger partial charge in [0.1, 0.15) is 0 Å². The van der Waals surface area contributed by atoms with Crippen molar-refractivity contribution in [2.75, 3.05) is 30.3 Å². The minimum absolute atomic E-state index is 0.0725. The number of nitrogens with one attached hydrogen (secondary N) is 3. The van der Waals surface area contributed by atoms with Crippen LogP contribution in [0.1, 0.15) is 32.1 Å². The number of anilines is 2. The normalized spacial score (nSPS) is 23.3. The number of likely N-dealkylation sites (tertiary alicyclic amines) is 1. The van der Waals surface area contributed by atoms with Gasteiger partial charge in [-0.3, -0.25) is 4.79 Å². The van der Waals surface area contributed by atoms with Crippen LogP contribution < -0.4 is 16.0 Å². The number of rotatable bonds is 6. The summed E-state index contributed by atoms with van der Waals surface area (Å²) in [5, 5.41) is 8.84. The van der Waals surface area contributed by atoms with Gasteiger partial charge in [-0.1, -0.05) is 6.07 Å². The van der Waals surface area contributed by atoms with E-state index < -0.39 is 0 Å². The molecule has 1 heterocycles. The Morgan fingerprint density at radius 2 is 1.80 bits per heavy atom. The lowest BCUT2D eigenvalue weighted by Gasteiger charge is -2.16. The molecule has 6 heteroatoms. The second kappa shape index (κ2) is 7.04. The molecule has 0 bridgehead atoms. The molecule has 134 valence electrons. The molecule has 1 aromatic rings. The Kier molecular flexibility index (Phi) is 4.61. The van der Waals surface area contributed by atoms with Gasteiger partial charge in [-0.2, -0.15) is 0 Å². The average molecular weight is 342 g/mol. The molecule has 0 spiro atoms. The number of hydrogen-bond donors (Lipinski definition) is 3. The van der Waals surface area contributed by atoms with Crippen molar-refractivity contribution in [2.24, 2.45) is 11.8 Å². The van der Waals surface area contributed by atoms with Crippen molar-refractivity contribution in [3.05, 3.63) is 24.3 Å². The first kappa shape index (κ1) is 16.4. The molecule has 0 radical (unpaired) electrons. The molecule has 6 nitrogen and oxygen atoms in total. The highest BCUT2D eigenvalue weighted by Crippen LogP contribution is 2.31. The second-order valence-electron chi connectivity index (χ2n) is 7.63. The van der Waals surface area contributed by atoms with Crippen molar-refractivity contribution in [1.82, 2.24) is 10.2 Å². The Labute approximate surface area is 148 Å². The van der Waals surface area contributed by atoms with Crippen LogP contribution in [0.3, 0.4) is 0 Å². The van der Waals surface area contributed by atoms with E-state index in [-0.39, 0.29) is 23.9 Å². The van der Waals surface area contributed by atoms with E-state index >= 15 is 0 Å². The van der Waals surface area contributed by atoms with Crippen molar-refractivity contribution in [3.8, 4) is 0 Å². The summed E-state index contributed by atoms with van der Waals surface area (Å²) in [5.74, 6) is 1.13. The predicted octanol–water partition coefficient (Wildman–Crippen LogP) is 2.64. The van der Waals surface area contributed by atoms with Gasteiger partial charge in [-0.05, 0) is 56.2 Å². The van der Waals surface area contributed by atoms with Crippen molar-refractivity contribution < 1.29 is 9.59 Å². The lowest BCUT2D eigenvalue weighted by atomic mass is 10.2. The first-order chi connectivity index (χ1) is 12.2. The van der Waals surface area contributed by atoms with Crippen LogP contribution in [0.4, 0.5) is 16.2 Å². The number of hydrogen-bond acceptors (Lipinski definition) is 3. The van der Waals surface area contributed by atoms with Crippen molar-refractivity contribution in [2.45, 2.75) is 38.1 Å². The van der Waals surface area contributed by atoms with Gasteiger partial charge in [0.05, 0.1) is 0 Å². The van der Waals surface area contributed by atoms with E-state index in [9.17, 15) is 9.59 Å². The van der Waals surface area contributed by atoms with Crippen LogP contribution in [-0.2, 0) is 4.79 Å². The lowest BCUT2D eigenvalue weighted by molar-refractivity contribution is -0.117. The molecule has 2 aliphatic carbocycles. The summed E-state index contributed by atoms with van der Waals surface area (Å²) in [4.78, 5) is 26.5. The molecule has 0 aromatic heterocycles. The standard InChI is InChI=1S/C19H26N4O2/c24-18(14-6-7-14)20-15-2-1-3-16(10-15)21-19(25)22-17-8-9-23(12-17)11-13-4-5-13/h1-3,10,13-14,17H,4-9,11-12H2,(H,20,24)(H2,21,22,25)/t17-/m0/s1. The number of urea groups is 1. The Bertz CT molecular complexity index is 655. The van der Waals surface area contributed by atoms with Gasteiger partial charge >= 0.3 is 6.03 Å². The summed E-state index contributed by atoms with van der Waals surface area (Å²) in [6, 6.07) is 7.36. The molecule has 3 fully saturated rings. The monoisotopic (exact) mass is 342 g/mol. The molecule has 0 unspecified atom stereocenters. The first-order valence-electron chi connectivity index (χ1n) is 9.36.